The number of benzene rings is 2. The van der Waals surface area contributed by atoms with E-state index in [0.717, 1.165) is 101 Å². The maximum atomic E-state index is 14.8. The van der Waals surface area contributed by atoms with Gasteiger partial charge >= 0.3 is 6.03 Å². The van der Waals surface area contributed by atoms with E-state index in [1.54, 1.807) is 18.1 Å². The number of methoxy groups -OCH3 is 1. The molecule has 4 fully saturated rings. The fourth-order valence-electron chi connectivity index (χ4n) is 10.5. The van der Waals surface area contributed by atoms with Crippen molar-refractivity contribution in [2.75, 3.05) is 89.9 Å². The first kappa shape index (κ1) is 39.3. The van der Waals surface area contributed by atoms with Gasteiger partial charge in [0.25, 0.3) is 5.91 Å². The molecule has 0 aromatic heterocycles. The molecule has 7 atom stereocenters. The molecule has 2 aromatic rings. The van der Waals surface area contributed by atoms with Crippen LogP contribution in [-0.4, -0.2) is 134 Å². The number of amides is 3. The lowest BCUT2D eigenvalue weighted by atomic mass is 9.68. The number of aryl methyl sites for hydroxylation is 1. The Morgan fingerprint density at radius 3 is 2.74 bits per heavy atom. The lowest BCUT2D eigenvalue weighted by Gasteiger charge is -2.51. The average Bonchev–Trinajstić information content (AvgIpc) is 3.31. The summed E-state index contributed by atoms with van der Waals surface area (Å²) in [4.78, 5) is 37.0. The maximum Gasteiger partial charge on any atom is 0.329 e. The number of allylic oxidation sites excluding steroid dienone is 1. The van der Waals surface area contributed by atoms with E-state index in [2.05, 4.69) is 48.1 Å². The molecule has 7 aliphatic rings. The van der Waals surface area contributed by atoms with Crippen molar-refractivity contribution in [3.63, 3.8) is 0 Å². The lowest BCUT2D eigenvalue weighted by Crippen LogP contribution is -2.68. The van der Waals surface area contributed by atoms with Gasteiger partial charge in [0.1, 0.15) is 15.7 Å². The standard InChI is InChI=1S/C43H57ClN6O6S/c1-29-5-3-7-39(54-2)36-11-8-32(36)21-50-27-43(14-4-6-30-19-33(44)10-12-37(30)43)28-56-40-13-9-31(20-38(40)50)41(51)45-57(53,26-29)46-42(52)49-22-34(23-49)48-16-15-47-17-18-55-25-35(47)24-48/h3,7,9-10,12-13,19-20,29,32,34-36,39H,4-6,8,11,14-18,21-28H2,1-2H3,(H,45,46,51,52,53)/b7-3+/t29-,32-,35?,36+,39-,43-,57?/m0/s1. The predicted molar refractivity (Wildman–Crippen MR) is 222 cm³/mol. The van der Waals surface area contributed by atoms with E-state index in [1.165, 1.54) is 11.1 Å². The zero-order valence-corrected chi connectivity index (χ0v) is 34.9. The normalized spacial score (nSPS) is 34.3. The van der Waals surface area contributed by atoms with Gasteiger partial charge in [0.15, 0.2) is 0 Å². The molecule has 3 amide bonds. The van der Waals surface area contributed by atoms with E-state index in [-0.39, 0.29) is 29.2 Å². The Balaban J connectivity index is 0.999. The van der Waals surface area contributed by atoms with Crippen molar-refractivity contribution in [1.29, 1.82) is 0 Å². The van der Waals surface area contributed by atoms with Crippen LogP contribution in [0.25, 0.3) is 0 Å². The second-order valence-corrected chi connectivity index (χ2v) is 20.1. The number of carbonyl (C=O) groups is 2. The van der Waals surface area contributed by atoms with Crippen molar-refractivity contribution >= 4 is 39.1 Å². The number of hydrogen-bond donors (Lipinski definition) is 1. The van der Waals surface area contributed by atoms with Crippen LogP contribution in [-0.2, 0) is 31.2 Å². The Labute approximate surface area is 342 Å². The molecule has 2 aromatic carbocycles. The predicted octanol–water partition coefficient (Wildman–Crippen LogP) is 5.38. The van der Waals surface area contributed by atoms with Crippen molar-refractivity contribution in [2.45, 2.75) is 69.1 Å². The van der Waals surface area contributed by atoms with Gasteiger partial charge in [-0.05, 0) is 97.7 Å². The van der Waals surface area contributed by atoms with Crippen LogP contribution in [0, 0.1) is 17.8 Å². The van der Waals surface area contributed by atoms with Gasteiger partial charge in [-0.3, -0.25) is 19.3 Å². The summed E-state index contributed by atoms with van der Waals surface area (Å²) in [5.74, 6) is 0.782. The molecule has 308 valence electrons. The van der Waals surface area contributed by atoms with Crippen LogP contribution in [0.4, 0.5) is 10.5 Å². The molecule has 12 nitrogen and oxygen atoms in total. The van der Waals surface area contributed by atoms with Gasteiger partial charge in [-0.2, -0.15) is 0 Å². The number of fused-ring (bicyclic) bond motifs is 5. The maximum absolute atomic E-state index is 14.8. The first-order valence-electron chi connectivity index (χ1n) is 21.0. The van der Waals surface area contributed by atoms with E-state index in [1.807, 2.05) is 25.1 Å². The summed E-state index contributed by atoms with van der Waals surface area (Å²) in [6.45, 7) is 10.5. The van der Waals surface area contributed by atoms with Gasteiger partial charge in [-0.1, -0.05) is 36.7 Å². The summed E-state index contributed by atoms with van der Waals surface area (Å²) < 4.78 is 40.5. The Kier molecular flexibility index (Phi) is 11.1. The topological polar surface area (TPSA) is 116 Å². The molecule has 0 radical (unpaired) electrons. The van der Waals surface area contributed by atoms with Crippen LogP contribution >= 0.6 is 11.6 Å². The number of hydrogen-bond acceptors (Lipinski definition) is 9. The number of halogens is 1. The van der Waals surface area contributed by atoms with Crippen LogP contribution in [0.5, 0.6) is 5.75 Å². The quantitative estimate of drug-likeness (QED) is 0.408. The molecule has 2 aliphatic carbocycles. The van der Waals surface area contributed by atoms with Gasteiger partial charge in [0.2, 0.25) is 0 Å². The van der Waals surface area contributed by atoms with Gasteiger partial charge in [0, 0.05) is 87.6 Å². The summed E-state index contributed by atoms with van der Waals surface area (Å²) in [6.07, 6.45) is 10.0. The SMILES string of the molecule is CO[C@H]1/C=C/C[C@H](C)CS(=O)(NC(=O)N2CC(N3CCN4CCOCC4C3)C2)=NC(=O)c2ccc3c(c2)N(C[C@@H]2CC[C@H]21)C[C@@]1(CCCc2cc(Cl)ccc21)CO3. The minimum Gasteiger partial charge on any atom is -0.490 e. The van der Waals surface area contributed by atoms with E-state index in [9.17, 15) is 13.8 Å². The van der Waals surface area contributed by atoms with E-state index < -0.39 is 21.9 Å². The largest absolute Gasteiger partial charge is 0.490 e. The Morgan fingerprint density at radius 1 is 1.05 bits per heavy atom. The zero-order chi connectivity index (χ0) is 39.3. The molecule has 2 bridgehead atoms. The van der Waals surface area contributed by atoms with Gasteiger partial charge in [-0.25, -0.2) is 9.00 Å². The summed E-state index contributed by atoms with van der Waals surface area (Å²) in [7, 11) is -1.71. The molecule has 5 aliphatic heterocycles. The molecule has 14 heteroatoms. The first-order chi connectivity index (χ1) is 27.6. The number of piperazine rings is 1. The molecule has 9 rings (SSSR count). The molecule has 1 N–H and O–H groups in total. The van der Waals surface area contributed by atoms with Crippen molar-refractivity contribution in [3.8, 4) is 5.75 Å². The smallest absolute Gasteiger partial charge is 0.329 e. The third kappa shape index (κ3) is 7.96. The third-order valence-electron chi connectivity index (χ3n) is 13.9. The van der Waals surface area contributed by atoms with Crippen LogP contribution in [0.15, 0.2) is 52.9 Å². The number of nitrogens with one attached hydrogen (secondary N) is 1. The molecule has 1 spiro atoms. The first-order valence-corrected chi connectivity index (χ1v) is 23.1. The monoisotopic (exact) mass is 820 g/mol. The molecule has 1 saturated carbocycles. The molecular formula is C43H57ClN6O6S. The van der Waals surface area contributed by atoms with Gasteiger partial charge in [0.05, 0.1) is 37.4 Å². The average molecular weight is 821 g/mol. The molecule has 2 unspecified atom stereocenters. The number of rotatable bonds is 3. The van der Waals surface area contributed by atoms with E-state index in [0.29, 0.717) is 49.6 Å². The number of urea groups is 1. The Hall–Kier alpha value is -3.20. The number of nitrogens with zero attached hydrogens (tertiary/aromatic N) is 5. The van der Waals surface area contributed by atoms with Gasteiger partial charge < -0.3 is 24.0 Å². The molecule has 57 heavy (non-hydrogen) atoms. The Bertz CT molecular complexity index is 2020. The van der Waals surface area contributed by atoms with Crippen molar-refractivity contribution in [2.24, 2.45) is 22.1 Å². The number of anilines is 1. The van der Waals surface area contributed by atoms with E-state index in [4.69, 9.17) is 25.8 Å². The highest BCUT2D eigenvalue weighted by molar-refractivity contribution is 7.92. The minimum absolute atomic E-state index is 0.0472. The highest BCUT2D eigenvalue weighted by Gasteiger charge is 2.45. The highest BCUT2D eigenvalue weighted by Crippen LogP contribution is 2.47. The molecule has 3 saturated heterocycles. The second-order valence-electron chi connectivity index (χ2n) is 17.7. The summed E-state index contributed by atoms with van der Waals surface area (Å²) in [5, 5.41) is 0.747. The van der Waals surface area contributed by atoms with Crippen molar-refractivity contribution < 1.29 is 28.0 Å². The number of morpholine rings is 1. The van der Waals surface area contributed by atoms with E-state index >= 15 is 0 Å². The third-order valence-corrected chi connectivity index (χ3v) is 16.1. The van der Waals surface area contributed by atoms with Crippen LogP contribution in [0.1, 0.15) is 60.5 Å². The number of likely N-dealkylation sites (tertiary alicyclic amines) is 1. The van der Waals surface area contributed by atoms with Crippen molar-refractivity contribution in [3.05, 3.63) is 70.3 Å². The number of carbonyl (C=O) groups excluding carboxylic acids is 2. The minimum atomic E-state index is -3.50. The molecular weight excluding hydrogens is 764 g/mol. The summed E-state index contributed by atoms with van der Waals surface area (Å²) in [5.41, 5.74) is 3.47. The summed E-state index contributed by atoms with van der Waals surface area (Å²) >= 11 is 6.49. The zero-order valence-electron chi connectivity index (χ0n) is 33.3. The van der Waals surface area contributed by atoms with Crippen LogP contribution in [0.2, 0.25) is 5.02 Å². The summed E-state index contributed by atoms with van der Waals surface area (Å²) in [6, 6.07) is 11.9. The Morgan fingerprint density at radius 2 is 1.91 bits per heavy atom. The number of ether oxygens (including phenoxy) is 3. The van der Waals surface area contributed by atoms with Crippen LogP contribution in [0.3, 0.4) is 0 Å². The van der Waals surface area contributed by atoms with Gasteiger partial charge in [-0.15, -0.1) is 4.36 Å². The second kappa shape index (κ2) is 16.1. The highest BCUT2D eigenvalue weighted by atomic mass is 35.5. The molecule has 5 heterocycles. The van der Waals surface area contributed by atoms with Crippen LogP contribution < -0.4 is 14.4 Å². The lowest BCUT2D eigenvalue weighted by molar-refractivity contribution is -0.0665. The van der Waals surface area contributed by atoms with Crippen molar-refractivity contribution in [1.82, 2.24) is 19.4 Å². The fraction of sp³-hybridized carbons (Fsp3) is 0.628. The fourth-order valence-corrected chi connectivity index (χ4v) is 12.6.